The van der Waals surface area contributed by atoms with E-state index in [1.807, 2.05) is 25.1 Å². The minimum Gasteiger partial charge on any atom is -0.299 e. The van der Waals surface area contributed by atoms with Gasteiger partial charge in [0.25, 0.3) is 0 Å². The number of hydrogen-bond acceptors (Lipinski definition) is 1. The number of halogens is 1. The summed E-state index contributed by atoms with van der Waals surface area (Å²) in [5.41, 5.74) is 2.21. The van der Waals surface area contributed by atoms with Gasteiger partial charge in [0.2, 0.25) is 0 Å². The molecule has 0 saturated carbocycles. The number of benzene rings is 1. The molecule has 0 aliphatic carbocycles. The average Bonchev–Trinajstić information content (AvgIpc) is 2.08. The molecular weight excluding hydrogens is 216 g/mol. The van der Waals surface area contributed by atoms with Crippen LogP contribution in [-0.4, -0.2) is 6.29 Å². The highest BCUT2D eigenvalue weighted by Gasteiger charge is 1.96. The highest BCUT2D eigenvalue weighted by Crippen LogP contribution is 2.19. The Morgan fingerprint density at radius 1 is 1.42 bits per heavy atom. The molecule has 1 rings (SSSR count). The summed E-state index contributed by atoms with van der Waals surface area (Å²) in [4.78, 5) is 10.1. The second-order valence-corrected chi connectivity index (χ2v) is 3.30. The number of carbonyl (C=O) groups is 1. The van der Waals surface area contributed by atoms with Gasteiger partial charge in [-0.2, -0.15) is 0 Å². The van der Waals surface area contributed by atoms with E-state index in [1.54, 1.807) is 6.08 Å². The summed E-state index contributed by atoms with van der Waals surface area (Å²) in [6, 6.07) is 5.90. The van der Waals surface area contributed by atoms with E-state index in [-0.39, 0.29) is 0 Å². The van der Waals surface area contributed by atoms with Crippen molar-refractivity contribution in [3.8, 4) is 0 Å². The van der Waals surface area contributed by atoms with Crippen LogP contribution in [0.25, 0.3) is 6.08 Å². The van der Waals surface area contributed by atoms with Crippen molar-refractivity contribution in [1.82, 2.24) is 0 Å². The number of rotatable bonds is 2. The van der Waals surface area contributed by atoms with Gasteiger partial charge in [-0.05, 0) is 30.2 Å². The van der Waals surface area contributed by atoms with Crippen molar-refractivity contribution in [2.75, 3.05) is 0 Å². The Morgan fingerprint density at radius 3 is 2.83 bits per heavy atom. The van der Waals surface area contributed by atoms with Crippen LogP contribution in [0.3, 0.4) is 0 Å². The summed E-state index contributed by atoms with van der Waals surface area (Å²) in [5, 5.41) is 0. The summed E-state index contributed by atoms with van der Waals surface area (Å²) < 4.78 is 1.07. The van der Waals surface area contributed by atoms with Gasteiger partial charge in [0.1, 0.15) is 6.29 Å². The third kappa shape index (κ3) is 2.05. The monoisotopic (exact) mass is 224 g/mol. The normalized spacial score (nSPS) is 10.5. The van der Waals surface area contributed by atoms with E-state index in [0.717, 1.165) is 21.9 Å². The van der Waals surface area contributed by atoms with E-state index < -0.39 is 0 Å². The zero-order chi connectivity index (χ0) is 8.97. The molecule has 1 nitrogen and oxygen atoms in total. The molecule has 0 radical (unpaired) electrons. The van der Waals surface area contributed by atoms with Crippen LogP contribution < -0.4 is 0 Å². The van der Waals surface area contributed by atoms with Crippen LogP contribution in [0.1, 0.15) is 11.1 Å². The molecule has 1 aromatic rings. The average molecular weight is 225 g/mol. The standard InChI is InChI=1S/C10H9BrO/c1-8-9(5-3-7-12)4-2-6-10(8)11/h2-7H,1H3/b5-3+. The van der Waals surface area contributed by atoms with Gasteiger partial charge >= 0.3 is 0 Å². The topological polar surface area (TPSA) is 17.1 Å². The maximum absolute atomic E-state index is 10.1. The van der Waals surface area contributed by atoms with Crippen molar-refractivity contribution >= 4 is 28.3 Å². The fourth-order valence-corrected chi connectivity index (χ4v) is 1.33. The molecule has 1 aromatic carbocycles. The fraction of sp³-hybridized carbons (Fsp3) is 0.100. The Labute approximate surface area is 80.2 Å². The molecule has 12 heavy (non-hydrogen) atoms. The predicted octanol–water partition coefficient (Wildman–Crippen LogP) is 2.97. The molecule has 0 atom stereocenters. The zero-order valence-corrected chi connectivity index (χ0v) is 8.34. The molecule has 62 valence electrons. The van der Waals surface area contributed by atoms with Gasteiger partial charge < -0.3 is 0 Å². The van der Waals surface area contributed by atoms with Gasteiger partial charge in [-0.1, -0.05) is 34.1 Å². The van der Waals surface area contributed by atoms with Crippen molar-refractivity contribution in [2.24, 2.45) is 0 Å². The Morgan fingerprint density at radius 2 is 2.17 bits per heavy atom. The van der Waals surface area contributed by atoms with Crippen molar-refractivity contribution in [3.63, 3.8) is 0 Å². The van der Waals surface area contributed by atoms with Gasteiger partial charge in [-0.15, -0.1) is 0 Å². The molecule has 0 bridgehead atoms. The van der Waals surface area contributed by atoms with Gasteiger partial charge in [-0.3, -0.25) is 4.79 Å². The molecule has 0 amide bonds. The SMILES string of the molecule is Cc1c(Br)cccc1/C=C/C=O. The van der Waals surface area contributed by atoms with E-state index in [4.69, 9.17) is 0 Å². The van der Waals surface area contributed by atoms with Gasteiger partial charge in [0.05, 0.1) is 0 Å². The van der Waals surface area contributed by atoms with E-state index in [2.05, 4.69) is 15.9 Å². The fourth-order valence-electron chi connectivity index (χ4n) is 0.948. The summed E-state index contributed by atoms with van der Waals surface area (Å²) in [6.07, 6.45) is 4.07. The quantitative estimate of drug-likeness (QED) is 0.558. The van der Waals surface area contributed by atoms with Crippen LogP contribution >= 0.6 is 15.9 Å². The summed E-state index contributed by atoms with van der Waals surface area (Å²) in [6.45, 7) is 2.01. The van der Waals surface area contributed by atoms with Crippen LogP contribution in [0.5, 0.6) is 0 Å². The lowest BCUT2D eigenvalue weighted by molar-refractivity contribution is -0.104. The van der Waals surface area contributed by atoms with Crippen molar-refractivity contribution in [2.45, 2.75) is 6.92 Å². The summed E-state index contributed by atoms with van der Waals surface area (Å²) in [5.74, 6) is 0. The largest absolute Gasteiger partial charge is 0.299 e. The molecule has 0 unspecified atom stereocenters. The Balaban J connectivity index is 3.07. The van der Waals surface area contributed by atoms with Crippen LogP contribution in [0.15, 0.2) is 28.7 Å². The lowest BCUT2D eigenvalue weighted by Gasteiger charge is -2.00. The molecule has 0 saturated heterocycles. The molecule has 0 aromatic heterocycles. The second-order valence-electron chi connectivity index (χ2n) is 2.45. The lowest BCUT2D eigenvalue weighted by atomic mass is 10.1. The van der Waals surface area contributed by atoms with Crippen LogP contribution in [0.4, 0.5) is 0 Å². The molecule has 0 spiro atoms. The number of allylic oxidation sites excluding steroid dienone is 1. The molecule has 0 N–H and O–H groups in total. The molecule has 2 heteroatoms. The Bertz CT molecular complexity index is 316. The molecule has 0 aliphatic heterocycles. The minimum absolute atomic E-state index is 0.778. The van der Waals surface area contributed by atoms with E-state index in [0.29, 0.717) is 0 Å². The highest BCUT2D eigenvalue weighted by molar-refractivity contribution is 9.10. The molecule has 0 fully saturated rings. The van der Waals surface area contributed by atoms with E-state index in [1.165, 1.54) is 6.08 Å². The Hall–Kier alpha value is -0.890. The first-order chi connectivity index (χ1) is 5.75. The Kier molecular flexibility index (Phi) is 3.23. The third-order valence-electron chi connectivity index (χ3n) is 1.66. The first-order valence-corrected chi connectivity index (χ1v) is 4.42. The minimum atomic E-state index is 0.778. The van der Waals surface area contributed by atoms with Crippen LogP contribution in [0, 0.1) is 6.92 Å². The van der Waals surface area contributed by atoms with Crippen molar-refractivity contribution in [3.05, 3.63) is 39.9 Å². The number of hydrogen-bond donors (Lipinski definition) is 0. The summed E-state index contributed by atoms with van der Waals surface area (Å²) >= 11 is 3.42. The van der Waals surface area contributed by atoms with E-state index >= 15 is 0 Å². The predicted molar refractivity (Wildman–Crippen MR) is 54.0 cm³/mol. The van der Waals surface area contributed by atoms with Gasteiger partial charge in [0.15, 0.2) is 0 Å². The van der Waals surface area contributed by atoms with Crippen molar-refractivity contribution in [1.29, 1.82) is 0 Å². The maximum Gasteiger partial charge on any atom is 0.142 e. The zero-order valence-electron chi connectivity index (χ0n) is 6.75. The summed E-state index contributed by atoms with van der Waals surface area (Å²) in [7, 11) is 0. The number of aldehydes is 1. The van der Waals surface area contributed by atoms with Gasteiger partial charge in [0, 0.05) is 4.47 Å². The maximum atomic E-state index is 10.1. The van der Waals surface area contributed by atoms with Crippen LogP contribution in [-0.2, 0) is 4.79 Å². The molecular formula is C10H9BrO. The van der Waals surface area contributed by atoms with Crippen LogP contribution in [0.2, 0.25) is 0 Å². The lowest BCUT2D eigenvalue weighted by Crippen LogP contribution is -1.81. The molecule has 0 aliphatic rings. The smallest absolute Gasteiger partial charge is 0.142 e. The third-order valence-corrected chi connectivity index (χ3v) is 2.52. The number of carbonyl (C=O) groups excluding carboxylic acids is 1. The van der Waals surface area contributed by atoms with Gasteiger partial charge in [-0.25, -0.2) is 0 Å². The second kappa shape index (κ2) is 4.21. The van der Waals surface area contributed by atoms with Crippen molar-refractivity contribution < 1.29 is 4.79 Å². The van der Waals surface area contributed by atoms with E-state index in [9.17, 15) is 4.79 Å². The highest BCUT2D eigenvalue weighted by atomic mass is 79.9. The molecule has 0 heterocycles. The first kappa shape index (κ1) is 9.20. The first-order valence-electron chi connectivity index (χ1n) is 3.62.